The second-order valence-electron chi connectivity index (χ2n) is 7.59. The Morgan fingerprint density at radius 2 is 2.12 bits per heavy atom. The minimum atomic E-state index is -3.33. The van der Waals surface area contributed by atoms with Crippen molar-refractivity contribution in [3.8, 4) is 0 Å². The van der Waals surface area contributed by atoms with Gasteiger partial charge in [0.1, 0.15) is 0 Å². The summed E-state index contributed by atoms with van der Waals surface area (Å²) >= 11 is 1.54. The number of hydrogen-bond donors (Lipinski definition) is 0. The number of nitrogens with zero attached hydrogens (tertiary/aromatic N) is 3. The van der Waals surface area contributed by atoms with Gasteiger partial charge in [0.05, 0.1) is 35.2 Å². The molecule has 0 bridgehead atoms. The van der Waals surface area contributed by atoms with Gasteiger partial charge in [-0.2, -0.15) is 4.31 Å². The van der Waals surface area contributed by atoms with E-state index in [4.69, 9.17) is 4.74 Å². The lowest BCUT2D eigenvalue weighted by Crippen LogP contribution is -2.60. The van der Waals surface area contributed by atoms with Crippen molar-refractivity contribution >= 4 is 21.4 Å². The Balaban J connectivity index is 1.76. The Labute approximate surface area is 155 Å². The Hall–Kier alpha value is -0.540. The van der Waals surface area contributed by atoms with Crippen LogP contribution in [0.25, 0.3) is 0 Å². The van der Waals surface area contributed by atoms with Gasteiger partial charge in [0.15, 0.2) is 0 Å². The molecule has 1 aromatic rings. The summed E-state index contributed by atoms with van der Waals surface area (Å²) in [6.07, 6.45) is 4.75. The third-order valence-electron chi connectivity index (χ3n) is 5.31. The first-order valence-corrected chi connectivity index (χ1v) is 11.5. The van der Waals surface area contributed by atoms with Gasteiger partial charge in [0.25, 0.3) is 0 Å². The number of hydrogen-bond acceptors (Lipinski definition) is 6. The minimum absolute atomic E-state index is 0.103. The van der Waals surface area contributed by atoms with E-state index in [1.807, 2.05) is 25.9 Å². The van der Waals surface area contributed by atoms with Crippen molar-refractivity contribution in [2.24, 2.45) is 0 Å². The van der Waals surface area contributed by atoms with Gasteiger partial charge in [-0.3, -0.25) is 0 Å². The monoisotopic (exact) mass is 387 g/mol. The van der Waals surface area contributed by atoms with E-state index in [1.54, 1.807) is 21.2 Å². The highest BCUT2D eigenvalue weighted by Crippen LogP contribution is 2.38. The number of likely N-dealkylation sites (N-methyl/N-ethyl adjacent to an activating group) is 1. The van der Waals surface area contributed by atoms with Crippen molar-refractivity contribution in [1.82, 2.24) is 14.2 Å². The van der Waals surface area contributed by atoms with Gasteiger partial charge < -0.3 is 9.64 Å². The standard InChI is InChI=1S/C17H29N3O3S2/c1-14-16(24-13-18-14)6-9-25(21,22)20-12-17(7-4-5-8-17)23-11-15(20)10-19(2)3/h13,15H,4-12H2,1-3H3. The van der Waals surface area contributed by atoms with Crippen LogP contribution in [0.2, 0.25) is 0 Å². The van der Waals surface area contributed by atoms with Crippen LogP contribution in [-0.2, 0) is 21.2 Å². The smallest absolute Gasteiger partial charge is 0.214 e. The average Bonchev–Trinajstić information content (AvgIpc) is 3.16. The molecule has 25 heavy (non-hydrogen) atoms. The number of thiazole rings is 1. The maximum absolute atomic E-state index is 13.2. The third-order valence-corrected chi connectivity index (χ3v) is 8.17. The molecule has 142 valence electrons. The van der Waals surface area contributed by atoms with Crippen molar-refractivity contribution in [1.29, 1.82) is 0 Å². The van der Waals surface area contributed by atoms with Gasteiger partial charge >= 0.3 is 0 Å². The van der Waals surface area contributed by atoms with Crippen LogP contribution in [0.15, 0.2) is 5.51 Å². The van der Waals surface area contributed by atoms with E-state index in [9.17, 15) is 8.42 Å². The first-order valence-electron chi connectivity index (χ1n) is 8.98. The van der Waals surface area contributed by atoms with Crippen molar-refractivity contribution in [2.75, 3.05) is 39.5 Å². The normalized spacial score (nSPS) is 24.4. The summed E-state index contributed by atoms with van der Waals surface area (Å²) in [5.74, 6) is 0.149. The molecule has 1 saturated heterocycles. The highest BCUT2D eigenvalue weighted by Gasteiger charge is 2.46. The largest absolute Gasteiger partial charge is 0.372 e. The summed E-state index contributed by atoms with van der Waals surface area (Å²) in [5.41, 5.74) is 2.48. The van der Waals surface area contributed by atoms with Crippen LogP contribution in [0.4, 0.5) is 0 Å². The zero-order valence-electron chi connectivity index (χ0n) is 15.4. The van der Waals surface area contributed by atoms with E-state index >= 15 is 0 Å². The summed E-state index contributed by atoms with van der Waals surface area (Å²) in [7, 11) is 0.626. The molecule has 0 N–H and O–H groups in total. The second kappa shape index (κ2) is 7.60. The molecule has 1 atom stereocenters. The van der Waals surface area contributed by atoms with Crippen molar-refractivity contribution in [3.63, 3.8) is 0 Å². The number of rotatable bonds is 6. The molecule has 1 aliphatic carbocycles. The number of sulfonamides is 1. The molecule has 8 heteroatoms. The molecule has 0 radical (unpaired) electrons. The van der Waals surface area contributed by atoms with E-state index in [2.05, 4.69) is 4.98 Å². The molecule has 3 rings (SSSR count). The van der Waals surface area contributed by atoms with Crippen LogP contribution >= 0.6 is 11.3 Å². The lowest BCUT2D eigenvalue weighted by atomic mass is 9.99. The number of aryl methyl sites for hydroxylation is 2. The molecule has 1 unspecified atom stereocenters. The second-order valence-corrected chi connectivity index (χ2v) is 10.6. The first-order chi connectivity index (χ1) is 11.8. The molecular weight excluding hydrogens is 358 g/mol. The Kier molecular flexibility index (Phi) is 5.85. The topological polar surface area (TPSA) is 62.7 Å². The van der Waals surface area contributed by atoms with Gasteiger partial charge in [-0.25, -0.2) is 13.4 Å². The molecule has 1 aromatic heterocycles. The molecule has 1 aliphatic heterocycles. The van der Waals surface area contributed by atoms with Crippen LogP contribution in [0.5, 0.6) is 0 Å². The summed E-state index contributed by atoms with van der Waals surface area (Å²) in [6, 6.07) is -0.103. The van der Waals surface area contributed by atoms with Crippen LogP contribution in [0.1, 0.15) is 36.3 Å². The highest BCUT2D eigenvalue weighted by atomic mass is 32.2. The predicted octanol–water partition coefficient (Wildman–Crippen LogP) is 1.90. The van der Waals surface area contributed by atoms with Crippen LogP contribution in [-0.4, -0.2) is 73.8 Å². The quantitative estimate of drug-likeness (QED) is 0.746. The van der Waals surface area contributed by atoms with Gasteiger partial charge in [0.2, 0.25) is 10.0 Å². The zero-order valence-corrected chi connectivity index (χ0v) is 17.0. The molecule has 2 fully saturated rings. The summed E-state index contributed by atoms with van der Waals surface area (Å²) in [6.45, 7) is 3.64. The van der Waals surface area contributed by atoms with Gasteiger partial charge in [-0.15, -0.1) is 11.3 Å². The summed E-state index contributed by atoms with van der Waals surface area (Å²) in [4.78, 5) is 7.33. The van der Waals surface area contributed by atoms with E-state index in [-0.39, 0.29) is 17.4 Å². The van der Waals surface area contributed by atoms with Gasteiger partial charge in [-0.05, 0) is 40.3 Å². The van der Waals surface area contributed by atoms with Gasteiger partial charge in [0, 0.05) is 18.0 Å². The number of morpholine rings is 1. The number of aromatic nitrogens is 1. The first kappa shape index (κ1) is 19.2. The SMILES string of the molecule is Cc1ncsc1CCS(=O)(=O)N1CC2(CCCC2)OCC1CN(C)C. The lowest BCUT2D eigenvalue weighted by molar-refractivity contribution is -0.109. The van der Waals surface area contributed by atoms with E-state index in [1.165, 1.54) is 0 Å². The third kappa shape index (κ3) is 4.42. The molecule has 1 saturated carbocycles. The summed E-state index contributed by atoms with van der Waals surface area (Å²) < 4.78 is 34.3. The highest BCUT2D eigenvalue weighted by molar-refractivity contribution is 7.89. The lowest BCUT2D eigenvalue weighted by Gasteiger charge is -2.45. The predicted molar refractivity (Wildman–Crippen MR) is 101 cm³/mol. The molecule has 6 nitrogen and oxygen atoms in total. The van der Waals surface area contributed by atoms with Crippen molar-refractivity contribution in [2.45, 2.75) is 50.7 Å². The fourth-order valence-corrected chi connectivity index (χ4v) is 6.55. The molecular formula is C17H29N3O3S2. The molecule has 0 amide bonds. The van der Waals surface area contributed by atoms with Crippen molar-refractivity contribution < 1.29 is 13.2 Å². The van der Waals surface area contributed by atoms with Crippen LogP contribution < -0.4 is 0 Å². The van der Waals surface area contributed by atoms with E-state index in [0.29, 0.717) is 26.1 Å². The molecule has 1 spiro atoms. The summed E-state index contributed by atoms with van der Waals surface area (Å²) in [5, 5.41) is 0. The maximum atomic E-state index is 13.2. The average molecular weight is 388 g/mol. The van der Waals surface area contributed by atoms with Gasteiger partial charge in [-0.1, -0.05) is 12.8 Å². The Morgan fingerprint density at radius 3 is 2.72 bits per heavy atom. The van der Waals surface area contributed by atoms with E-state index < -0.39 is 10.0 Å². The van der Waals surface area contributed by atoms with E-state index in [0.717, 1.165) is 36.3 Å². The Bertz CT molecular complexity index is 681. The molecule has 2 heterocycles. The fraction of sp³-hybridized carbons (Fsp3) is 0.824. The Morgan fingerprint density at radius 1 is 1.40 bits per heavy atom. The molecule has 0 aromatic carbocycles. The number of ether oxygens (including phenoxy) is 1. The fourth-order valence-electron chi connectivity index (χ4n) is 3.93. The molecule has 2 aliphatic rings. The zero-order chi connectivity index (χ0) is 18.1. The van der Waals surface area contributed by atoms with Crippen molar-refractivity contribution in [3.05, 3.63) is 16.1 Å². The van der Waals surface area contributed by atoms with Crippen LogP contribution in [0.3, 0.4) is 0 Å². The maximum Gasteiger partial charge on any atom is 0.214 e. The van der Waals surface area contributed by atoms with Crippen LogP contribution in [0, 0.1) is 6.92 Å². The minimum Gasteiger partial charge on any atom is -0.372 e.